The first-order chi connectivity index (χ1) is 12.8. The van der Waals surface area contributed by atoms with Crippen molar-refractivity contribution >= 4 is 34.0 Å². The number of amides is 1. The van der Waals surface area contributed by atoms with E-state index in [0.29, 0.717) is 17.8 Å². The maximum Gasteiger partial charge on any atom is 0.264 e. The van der Waals surface area contributed by atoms with Crippen LogP contribution in [0.25, 0.3) is 0 Å². The van der Waals surface area contributed by atoms with Gasteiger partial charge in [-0.1, -0.05) is 23.8 Å². The fraction of sp³-hybridized carbons (Fsp3) is 0.350. The molecule has 1 amide bonds. The molecule has 0 aliphatic carbocycles. The zero-order chi connectivity index (χ0) is 19.6. The Labute approximate surface area is 173 Å². The second-order valence-electron chi connectivity index (χ2n) is 6.89. The lowest BCUT2D eigenvalue weighted by atomic mass is 10.1. The number of nitrogens with zero attached hydrogens (tertiary/aromatic N) is 2. The summed E-state index contributed by atoms with van der Waals surface area (Å²) in [6.07, 6.45) is 0. The van der Waals surface area contributed by atoms with Gasteiger partial charge in [0.05, 0.1) is 10.6 Å². The van der Waals surface area contributed by atoms with E-state index in [1.165, 1.54) is 23.5 Å². The number of benzene rings is 2. The lowest BCUT2D eigenvalue weighted by Crippen LogP contribution is -2.52. The highest BCUT2D eigenvalue weighted by atomic mass is 35.5. The van der Waals surface area contributed by atoms with Gasteiger partial charge in [0.2, 0.25) is 0 Å². The molecule has 8 heteroatoms. The molecule has 1 aliphatic heterocycles. The van der Waals surface area contributed by atoms with Crippen molar-refractivity contribution in [3.63, 3.8) is 0 Å². The van der Waals surface area contributed by atoms with E-state index in [-0.39, 0.29) is 29.3 Å². The highest BCUT2D eigenvalue weighted by molar-refractivity contribution is 7.92. The normalized spacial score (nSPS) is 17.0. The molecule has 1 atom stereocenters. The number of anilines is 1. The van der Waals surface area contributed by atoms with Crippen molar-refractivity contribution in [1.29, 1.82) is 0 Å². The number of halogens is 1. The first-order valence-corrected chi connectivity index (χ1v) is 10.4. The summed E-state index contributed by atoms with van der Waals surface area (Å²) in [5.74, 6) is -0.140. The molecule has 2 aromatic carbocycles. The van der Waals surface area contributed by atoms with Gasteiger partial charge in [0.15, 0.2) is 0 Å². The Kier molecular flexibility index (Phi) is 7.09. The molecule has 0 radical (unpaired) electrons. The van der Waals surface area contributed by atoms with Crippen LogP contribution in [0.3, 0.4) is 0 Å². The molecule has 1 N–H and O–H groups in total. The van der Waals surface area contributed by atoms with E-state index in [4.69, 9.17) is 0 Å². The number of nitrogens with one attached hydrogen (secondary N) is 1. The van der Waals surface area contributed by atoms with Gasteiger partial charge in [-0.3, -0.25) is 9.10 Å². The summed E-state index contributed by atoms with van der Waals surface area (Å²) in [7, 11) is -2.23. The van der Waals surface area contributed by atoms with Gasteiger partial charge >= 0.3 is 0 Å². The number of hydrogen-bond donors (Lipinski definition) is 1. The molecular weight excluding hydrogens is 398 g/mol. The average molecular weight is 424 g/mol. The zero-order valence-corrected chi connectivity index (χ0v) is 17.9. The average Bonchev–Trinajstić information content (AvgIpc) is 2.68. The summed E-state index contributed by atoms with van der Waals surface area (Å²) in [6, 6.07) is 13.6. The van der Waals surface area contributed by atoms with E-state index in [1.807, 2.05) is 26.0 Å². The van der Waals surface area contributed by atoms with Crippen LogP contribution in [0.4, 0.5) is 5.69 Å². The van der Waals surface area contributed by atoms with Crippen molar-refractivity contribution in [2.45, 2.75) is 24.8 Å². The van der Waals surface area contributed by atoms with E-state index in [9.17, 15) is 13.2 Å². The lowest BCUT2D eigenvalue weighted by molar-refractivity contribution is 0.0655. The molecule has 0 bridgehead atoms. The summed E-state index contributed by atoms with van der Waals surface area (Å²) in [5, 5.41) is 3.25. The minimum atomic E-state index is -3.75. The predicted molar refractivity (Wildman–Crippen MR) is 114 cm³/mol. The summed E-state index contributed by atoms with van der Waals surface area (Å²) in [6.45, 7) is 6.02. The van der Waals surface area contributed by atoms with Crippen LogP contribution in [0.15, 0.2) is 53.4 Å². The maximum absolute atomic E-state index is 13.0. The Morgan fingerprint density at radius 2 is 1.86 bits per heavy atom. The molecular formula is C20H26ClN3O3S. The molecule has 1 aliphatic rings. The van der Waals surface area contributed by atoms with Crippen molar-refractivity contribution in [1.82, 2.24) is 10.2 Å². The van der Waals surface area contributed by atoms with E-state index in [0.717, 1.165) is 18.7 Å². The number of aryl methyl sites for hydroxylation is 1. The first-order valence-electron chi connectivity index (χ1n) is 8.98. The van der Waals surface area contributed by atoms with Crippen LogP contribution in [0, 0.1) is 6.92 Å². The first kappa shape index (κ1) is 22.2. The number of sulfonamides is 1. The predicted octanol–water partition coefficient (Wildman–Crippen LogP) is 2.68. The number of piperazine rings is 1. The van der Waals surface area contributed by atoms with Crippen LogP contribution in [-0.4, -0.2) is 51.9 Å². The minimum absolute atomic E-state index is 0. The Hall–Kier alpha value is -2.09. The Bertz CT molecular complexity index is 932. The second kappa shape index (κ2) is 8.94. The number of carbonyl (C=O) groups excluding carboxylic acids is 1. The highest BCUT2D eigenvalue weighted by Crippen LogP contribution is 2.23. The molecule has 152 valence electrons. The topological polar surface area (TPSA) is 69.7 Å². The van der Waals surface area contributed by atoms with Crippen LogP contribution in [0.1, 0.15) is 22.8 Å². The fourth-order valence-corrected chi connectivity index (χ4v) is 4.39. The Balaban J connectivity index is 0.00000280. The molecule has 1 fully saturated rings. The minimum Gasteiger partial charge on any atom is -0.333 e. The van der Waals surface area contributed by atoms with Crippen LogP contribution in [-0.2, 0) is 10.0 Å². The smallest absolute Gasteiger partial charge is 0.264 e. The van der Waals surface area contributed by atoms with Gasteiger partial charge in [-0.25, -0.2) is 8.42 Å². The molecule has 2 aromatic rings. The quantitative estimate of drug-likeness (QED) is 0.820. The lowest BCUT2D eigenvalue weighted by Gasteiger charge is -2.34. The monoisotopic (exact) mass is 423 g/mol. The van der Waals surface area contributed by atoms with Gasteiger partial charge in [0.1, 0.15) is 0 Å². The molecule has 0 saturated carbocycles. The molecule has 1 saturated heterocycles. The van der Waals surface area contributed by atoms with E-state index in [2.05, 4.69) is 5.32 Å². The molecule has 0 aromatic heterocycles. The van der Waals surface area contributed by atoms with Crippen LogP contribution < -0.4 is 9.62 Å². The summed E-state index contributed by atoms with van der Waals surface area (Å²) >= 11 is 0. The Morgan fingerprint density at radius 3 is 2.50 bits per heavy atom. The number of rotatable bonds is 4. The van der Waals surface area contributed by atoms with Gasteiger partial charge in [-0.15, -0.1) is 12.4 Å². The van der Waals surface area contributed by atoms with E-state index >= 15 is 0 Å². The van der Waals surface area contributed by atoms with Crippen LogP contribution >= 0.6 is 12.4 Å². The summed E-state index contributed by atoms with van der Waals surface area (Å²) in [4.78, 5) is 14.8. The SMILES string of the molecule is Cc1ccc(N(C)S(=O)(=O)c2cccc(C(=O)N3CCNC[C@@H]3C)c2)cc1.Cl. The van der Waals surface area contributed by atoms with Gasteiger partial charge in [-0.05, 0) is 44.2 Å². The van der Waals surface area contributed by atoms with Gasteiger partial charge in [0.25, 0.3) is 15.9 Å². The third-order valence-corrected chi connectivity index (χ3v) is 6.68. The second-order valence-corrected chi connectivity index (χ2v) is 8.86. The van der Waals surface area contributed by atoms with Crippen molar-refractivity contribution in [2.24, 2.45) is 0 Å². The maximum atomic E-state index is 13.0. The molecule has 0 spiro atoms. The van der Waals surface area contributed by atoms with Crippen LogP contribution in [0.5, 0.6) is 0 Å². The Morgan fingerprint density at radius 1 is 1.18 bits per heavy atom. The van der Waals surface area contributed by atoms with Gasteiger partial charge < -0.3 is 10.2 Å². The largest absolute Gasteiger partial charge is 0.333 e. The van der Waals surface area contributed by atoms with Crippen molar-refractivity contribution in [2.75, 3.05) is 31.0 Å². The van der Waals surface area contributed by atoms with E-state index in [1.54, 1.807) is 29.2 Å². The molecule has 28 heavy (non-hydrogen) atoms. The third-order valence-electron chi connectivity index (χ3n) is 4.90. The third kappa shape index (κ3) is 4.48. The van der Waals surface area contributed by atoms with Crippen molar-refractivity contribution < 1.29 is 13.2 Å². The molecule has 6 nitrogen and oxygen atoms in total. The fourth-order valence-electron chi connectivity index (χ4n) is 3.15. The van der Waals surface area contributed by atoms with Crippen molar-refractivity contribution in [3.8, 4) is 0 Å². The summed E-state index contributed by atoms with van der Waals surface area (Å²) in [5.41, 5.74) is 2.03. The van der Waals surface area contributed by atoms with Crippen molar-refractivity contribution in [3.05, 3.63) is 59.7 Å². The summed E-state index contributed by atoms with van der Waals surface area (Å²) < 4.78 is 27.3. The highest BCUT2D eigenvalue weighted by Gasteiger charge is 2.26. The molecule has 1 heterocycles. The number of hydrogen-bond acceptors (Lipinski definition) is 4. The molecule has 3 rings (SSSR count). The van der Waals surface area contributed by atoms with E-state index < -0.39 is 10.0 Å². The standard InChI is InChI=1S/C20H25N3O3S.ClH/c1-15-7-9-18(10-8-15)22(3)27(25,26)19-6-4-5-17(13-19)20(24)23-12-11-21-14-16(23)2;/h4-10,13,16,21H,11-12,14H2,1-3H3;1H/t16-;/m0./s1. The zero-order valence-electron chi connectivity index (χ0n) is 16.3. The van der Waals surface area contributed by atoms with Gasteiger partial charge in [0, 0.05) is 38.3 Å². The molecule has 0 unspecified atom stereocenters. The number of carbonyl (C=O) groups is 1. The van der Waals surface area contributed by atoms with Crippen LogP contribution in [0.2, 0.25) is 0 Å². The van der Waals surface area contributed by atoms with Gasteiger partial charge in [-0.2, -0.15) is 0 Å².